The number of halogens is 1. The normalized spacial score (nSPS) is 19.7. The summed E-state index contributed by atoms with van der Waals surface area (Å²) in [6, 6.07) is 15.9. The van der Waals surface area contributed by atoms with Crippen molar-refractivity contribution in [1.82, 2.24) is 4.90 Å². The van der Waals surface area contributed by atoms with Crippen LogP contribution in [0.4, 0.5) is 11.4 Å². The topological polar surface area (TPSA) is 43.9 Å². The highest BCUT2D eigenvalue weighted by Gasteiger charge is 2.37. The lowest BCUT2D eigenvalue weighted by Crippen LogP contribution is -2.50. The Morgan fingerprint density at radius 3 is 2.41 bits per heavy atom. The number of aryl methyl sites for hydroxylation is 1. The van der Waals surface area contributed by atoms with Gasteiger partial charge in [0.05, 0.1) is 5.92 Å². The molecule has 2 fully saturated rings. The minimum absolute atomic E-state index is 0.0326. The number of anilines is 2. The Bertz CT molecular complexity index is 891. The molecule has 29 heavy (non-hydrogen) atoms. The maximum Gasteiger partial charge on any atom is 0.228 e. The van der Waals surface area contributed by atoms with Gasteiger partial charge >= 0.3 is 0 Å². The summed E-state index contributed by atoms with van der Waals surface area (Å²) in [6.07, 6.45) is 1.26. The van der Waals surface area contributed by atoms with Gasteiger partial charge in [-0.05, 0) is 42.3 Å². The number of hydrogen-bond acceptors (Lipinski definition) is 3. The third kappa shape index (κ3) is 4.25. The van der Waals surface area contributed by atoms with Crippen molar-refractivity contribution < 1.29 is 9.59 Å². The van der Waals surface area contributed by atoms with E-state index in [1.807, 2.05) is 53.4 Å². The van der Waals surface area contributed by atoms with Gasteiger partial charge in [0.25, 0.3) is 0 Å². The average Bonchev–Trinajstić information content (AvgIpc) is 3.15. The lowest BCUT2D eigenvalue weighted by Gasteiger charge is -2.37. The van der Waals surface area contributed by atoms with E-state index in [0.29, 0.717) is 26.1 Å². The monoisotopic (exact) mass is 411 g/mol. The van der Waals surface area contributed by atoms with E-state index in [1.165, 1.54) is 5.56 Å². The van der Waals surface area contributed by atoms with E-state index in [1.54, 1.807) is 4.90 Å². The largest absolute Gasteiger partial charge is 0.368 e. The van der Waals surface area contributed by atoms with Crippen molar-refractivity contribution in [2.45, 2.75) is 19.8 Å². The van der Waals surface area contributed by atoms with Crippen molar-refractivity contribution in [2.75, 3.05) is 42.5 Å². The van der Waals surface area contributed by atoms with E-state index in [0.717, 1.165) is 35.9 Å². The molecule has 2 aromatic carbocycles. The summed E-state index contributed by atoms with van der Waals surface area (Å²) in [7, 11) is 0. The molecule has 0 aliphatic carbocycles. The van der Waals surface area contributed by atoms with Crippen LogP contribution in [0.15, 0.2) is 48.5 Å². The second-order valence-corrected chi connectivity index (χ2v) is 8.15. The zero-order valence-corrected chi connectivity index (χ0v) is 17.4. The second kappa shape index (κ2) is 8.46. The predicted molar refractivity (Wildman–Crippen MR) is 117 cm³/mol. The quantitative estimate of drug-likeness (QED) is 0.772. The molecule has 4 rings (SSSR count). The van der Waals surface area contributed by atoms with Gasteiger partial charge in [0.15, 0.2) is 0 Å². The molecule has 6 heteroatoms. The van der Waals surface area contributed by atoms with Gasteiger partial charge in [0.2, 0.25) is 11.8 Å². The van der Waals surface area contributed by atoms with Crippen molar-refractivity contribution in [3.63, 3.8) is 0 Å². The molecular weight excluding hydrogens is 386 g/mol. The van der Waals surface area contributed by atoms with Gasteiger partial charge in [0, 0.05) is 55.5 Å². The maximum absolute atomic E-state index is 13.0. The fourth-order valence-corrected chi connectivity index (χ4v) is 4.33. The van der Waals surface area contributed by atoms with Gasteiger partial charge in [-0.1, -0.05) is 36.7 Å². The van der Waals surface area contributed by atoms with Gasteiger partial charge < -0.3 is 14.7 Å². The Morgan fingerprint density at radius 2 is 1.76 bits per heavy atom. The van der Waals surface area contributed by atoms with Gasteiger partial charge in [-0.25, -0.2) is 0 Å². The van der Waals surface area contributed by atoms with E-state index in [4.69, 9.17) is 11.6 Å². The summed E-state index contributed by atoms with van der Waals surface area (Å²) >= 11 is 6.10. The number of nitrogens with zero attached hydrogens (tertiary/aromatic N) is 3. The highest BCUT2D eigenvalue weighted by molar-refractivity contribution is 6.30. The molecule has 0 radical (unpaired) electrons. The van der Waals surface area contributed by atoms with E-state index < -0.39 is 0 Å². The average molecular weight is 412 g/mol. The molecule has 2 aromatic rings. The molecule has 2 aliphatic heterocycles. The molecule has 2 heterocycles. The minimum atomic E-state index is -0.258. The van der Waals surface area contributed by atoms with E-state index in [2.05, 4.69) is 11.8 Å². The number of benzene rings is 2. The van der Waals surface area contributed by atoms with Crippen LogP contribution < -0.4 is 9.80 Å². The number of carbonyl (C=O) groups excluding carboxylic acids is 2. The molecule has 2 amide bonds. The summed E-state index contributed by atoms with van der Waals surface area (Å²) in [5.74, 6) is -0.131. The highest BCUT2D eigenvalue weighted by Crippen LogP contribution is 2.28. The lowest BCUT2D eigenvalue weighted by atomic mass is 10.1. The summed E-state index contributed by atoms with van der Waals surface area (Å²) < 4.78 is 0. The zero-order chi connectivity index (χ0) is 20.4. The van der Waals surface area contributed by atoms with Crippen LogP contribution in [-0.2, 0) is 16.0 Å². The number of amides is 2. The molecular formula is C23H26ClN3O2. The van der Waals surface area contributed by atoms with Gasteiger partial charge in [-0.15, -0.1) is 0 Å². The van der Waals surface area contributed by atoms with Crippen LogP contribution in [0.3, 0.4) is 0 Å². The molecule has 0 spiro atoms. The molecule has 0 unspecified atom stereocenters. The van der Waals surface area contributed by atoms with Crippen molar-refractivity contribution in [3.05, 3.63) is 59.1 Å². The lowest BCUT2D eigenvalue weighted by molar-refractivity contribution is -0.136. The fourth-order valence-electron chi connectivity index (χ4n) is 4.15. The first-order valence-electron chi connectivity index (χ1n) is 10.2. The molecule has 0 saturated carbocycles. The number of piperazine rings is 1. The zero-order valence-electron chi connectivity index (χ0n) is 16.7. The summed E-state index contributed by atoms with van der Waals surface area (Å²) in [5, 5.41) is 0.720. The third-order valence-electron chi connectivity index (χ3n) is 5.90. The molecule has 2 saturated heterocycles. The van der Waals surface area contributed by atoms with Crippen molar-refractivity contribution in [2.24, 2.45) is 5.92 Å². The second-order valence-electron chi connectivity index (χ2n) is 7.72. The van der Waals surface area contributed by atoms with Crippen LogP contribution in [-0.4, -0.2) is 49.4 Å². The standard InChI is InChI=1S/C23H26ClN3O2/c1-2-17-6-8-20(9-7-17)27-16-18(14-22(27)28)23(29)26-12-10-25(11-13-26)21-5-3-4-19(24)15-21/h3-9,15,18H,2,10-14,16H2,1H3/t18-/m1/s1. The smallest absolute Gasteiger partial charge is 0.228 e. The third-order valence-corrected chi connectivity index (χ3v) is 6.13. The van der Waals surface area contributed by atoms with Crippen LogP contribution in [0.25, 0.3) is 0 Å². The molecule has 0 N–H and O–H groups in total. The molecule has 0 bridgehead atoms. The SMILES string of the molecule is CCc1ccc(N2C[C@H](C(=O)N3CCN(c4cccc(Cl)c4)CC3)CC2=O)cc1. The molecule has 5 nitrogen and oxygen atoms in total. The number of rotatable bonds is 4. The Balaban J connectivity index is 1.36. The Morgan fingerprint density at radius 1 is 1.03 bits per heavy atom. The maximum atomic E-state index is 13.0. The van der Waals surface area contributed by atoms with Crippen LogP contribution in [0, 0.1) is 5.92 Å². The van der Waals surface area contributed by atoms with Gasteiger partial charge in [0.1, 0.15) is 0 Å². The number of hydrogen-bond donors (Lipinski definition) is 0. The molecule has 2 aliphatic rings. The summed E-state index contributed by atoms with van der Waals surface area (Å²) in [6.45, 7) is 5.46. The number of carbonyl (C=O) groups is 2. The predicted octanol–water partition coefficient (Wildman–Crippen LogP) is 3.60. The first-order valence-corrected chi connectivity index (χ1v) is 10.6. The van der Waals surface area contributed by atoms with E-state index in [9.17, 15) is 9.59 Å². The Hall–Kier alpha value is -2.53. The Kier molecular flexibility index (Phi) is 5.76. The van der Waals surface area contributed by atoms with Crippen LogP contribution in [0.5, 0.6) is 0 Å². The molecule has 1 atom stereocenters. The Labute approximate surface area is 176 Å². The van der Waals surface area contributed by atoms with Gasteiger partial charge in [-0.2, -0.15) is 0 Å². The van der Waals surface area contributed by atoms with Crippen molar-refractivity contribution >= 4 is 34.8 Å². The van der Waals surface area contributed by atoms with Crippen LogP contribution in [0.2, 0.25) is 5.02 Å². The highest BCUT2D eigenvalue weighted by atomic mass is 35.5. The van der Waals surface area contributed by atoms with E-state index in [-0.39, 0.29) is 17.7 Å². The molecule has 0 aromatic heterocycles. The van der Waals surface area contributed by atoms with Gasteiger partial charge in [-0.3, -0.25) is 9.59 Å². The van der Waals surface area contributed by atoms with Crippen LogP contribution in [0.1, 0.15) is 18.9 Å². The van der Waals surface area contributed by atoms with Crippen LogP contribution >= 0.6 is 11.6 Å². The van der Waals surface area contributed by atoms with E-state index >= 15 is 0 Å². The fraction of sp³-hybridized carbons (Fsp3) is 0.391. The first-order chi connectivity index (χ1) is 14.0. The summed E-state index contributed by atoms with van der Waals surface area (Å²) in [5.41, 5.74) is 3.21. The molecule has 152 valence electrons. The minimum Gasteiger partial charge on any atom is -0.368 e. The first kappa shape index (κ1) is 19.8. The summed E-state index contributed by atoms with van der Waals surface area (Å²) in [4.78, 5) is 31.5. The van der Waals surface area contributed by atoms with Crippen molar-refractivity contribution in [3.8, 4) is 0 Å². The van der Waals surface area contributed by atoms with Crippen molar-refractivity contribution in [1.29, 1.82) is 0 Å².